The number of aromatic nitrogens is 3. The van der Waals surface area contributed by atoms with Crippen LogP contribution in [-0.4, -0.2) is 142 Å². The molecule has 6 aromatic rings. The summed E-state index contributed by atoms with van der Waals surface area (Å²) in [4.78, 5) is 43.5. The van der Waals surface area contributed by atoms with E-state index in [1.54, 1.807) is 12.3 Å². The number of aromatic amines is 1. The summed E-state index contributed by atoms with van der Waals surface area (Å²) in [5.41, 5.74) is 19.3. The van der Waals surface area contributed by atoms with Crippen molar-refractivity contribution in [2.45, 2.75) is 96.4 Å². The molecule has 5 heterocycles. The third-order valence-corrected chi connectivity index (χ3v) is 16.8. The van der Waals surface area contributed by atoms with Gasteiger partial charge in [-0.2, -0.15) is 4.58 Å². The minimum Gasteiger partial charge on any atom is -0.379 e. The maximum atomic E-state index is 14.9. The monoisotopic (exact) mass is 1210 g/mol. The first-order valence-electron chi connectivity index (χ1n) is 30.8. The van der Waals surface area contributed by atoms with Crippen molar-refractivity contribution in [1.29, 1.82) is 0 Å². The molecule has 2 amide bonds. The Morgan fingerprint density at radius 1 is 0.782 bits per heavy atom. The highest BCUT2D eigenvalue weighted by atomic mass is 35.5. The Balaban J connectivity index is 0.605. The smallest absolute Gasteiger partial charge is 0.222 e. The van der Waals surface area contributed by atoms with Gasteiger partial charge in [-0.15, -0.1) is 0 Å². The van der Waals surface area contributed by atoms with Crippen molar-refractivity contribution in [2.75, 3.05) is 114 Å². The van der Waals surface area contributed by atoms with Gasteiger partial charge in [0.2, 0.25) is 17.5 Å². The van der Waals surface area contributed by atoms with Crippen LogP contribution in [0.5, 0.6) is 0 Å². The Morgan fingerprint density at radius 2 is 1.47 bits per heavy atom. The van der Waals surface area contributed by atoms with Gasteiger partial charge in [-0.1, -0.05) is 92.6 Å². The Hall–Kier alpha value is -7.25. The van der Waals surface area contributed by atoms with Crippen LogP contribution in [0.15, 0.2) is 127 Å². The van der Waals surface area contributed by atoms with E-state index >= 15 is 0 Å². The van der Waals surface area contributed by atoms with Gasteiger partial charge in [-0.25, -0.2) is 14.4 Å². The fraction of sp³-hybridized carbons (Fsp3) is 0.435. The third kappa shape index (κ3) is 16.5. The number of halogens is 2. The number of carbonyl (C=O) groups excluding carboxylic acids is 2. The van der Waals surface area contributed by atoms with Crippen LogP contribution in [0.1, 0.15) is 89.3 Å². The molecule has 3 aliphatic rings. The van der Waals surface area contributed by atoms with E-state index in [4.69, 9.17) is 46.3 Å². The molecule has 16 nitrogen and oxygen atoms in total. The van der Waals surface area contributed by atoms with Crippen molar-refractivity contribution in [1.82, 2.24) is 25.6 Å². The minimum atomic E-state index is -0.326. The van der Waals surface area contributed by atoms with Crippen LogP contribution in [0.3, 0.4) is 0 Å². The second kappa shape index (κ2) is 30.6. The molecular weight excluding hydrogens is 1120 g/mol. The summed E-state index contributed by atoms with van der Waals surface area (Å²) in [5.74, 6) is 0.723. The Labute approximate surface area is 517 Å². The number of hydrogen-bond donors (Lipinski definition) is 5. The SMILES string of the molecule is Cc1cc(F)cc(-c2cnc(NCCNC(=O)CCOCCOCCOCCOCCNC(=O)CCCCCN3/C(=C/C=C/C=C/C4=[N+](C)c5ccccc5C4(C)C)C(C)(C)c4ccccc43)c(-c3nc4ccc(Cl)cc4[nH]3)c2N2CCC(N)CC2)c1. The van der Waals surface area contributed by atoms with Gasteiger partial charge in [0.05, 0.1) is 80.6 Å². The highest BCUT2D eigenvalue weighted by Crippen LogP contribution is 2.48. The van der Waals surface area contributed by atoms with Crippen LogP contribution in [0, 0.1) is 12.7 Å². The number of imidazole rings is 1. The molecule has 462 valence electrons. The fourth-order valence-corrected chi connectivity index (χ4v) is 12.2. The van der Waals surface area contributed by atoms with E-state index in [9.17, 15) is 14.0 Å². The van der Waals surface area contributed by atoms with E-state index in [0.717, 1.165) is 72.1 Å². The van der Waals surface area contributed by atoms with Crippen molar-refractivity contribution in [3.8, 4) is 22.5 Å². The Morgan fingerprint density at radius 3 is 2.22 bits per heavy atom. The lowest BCUT2D eigenvalue weighted by atomic mass is 9.81. The predicted octanol–water partition coefficient (Wildman–Crippen LogP) is 11.5. The van der Waals surface area contributed by atoms with E-state index in [1.807, 2.05) is 25.1 Å². The minimum absolute atomic E-state index is 0.0384. The molecule has 4 aromatic carbocycles. The number of aryl methyl sites for hydroxylation is 1. The van der Waals surface area contributed by atoms with Gasteiger partial charge >= 0.3 is 0 Å². The molecule has 0 aliphatic carbocycles. The largest absolute Gasteiger partial charge is 0.379 e. The van der Waals surface area contributed by atoms with Crippen LogP contribution in [-0.2, 0) is 39.4 Å². The first kappa shape index (κ1) is 64.2. The van der Waals surface area contributed by atoms with Gasteiger partial charge in [0.1, 0.15) is 24.5 Å². The number of para-hydroxylation sites is 2. The molecule has 87 heavy (non-hydrogen) atoms. The van der Waals surface area contributed by atoms with Gasteiger partial charge in [-0.05, 0) is 106 Å². The third-order valence-electron chi connectivity index (χ3n) is 16.6. The maximum absolute atomic E-state index is 14.9. The zero-order chi connectivity index (χ0) is 61.3. The van der Waals surface area contributed by atoms with Gasteiger partial charge in [0.25, 0.3) is 0 Å². The lowest BCUT2D eigenvalue weighted by Crippen LogP contribution is -2.40. The Kier molecular flexibility index (Phi) is 22.6. The number of unbranched alkanes of at least 4 members (excludes halogenated alkanes) is 2. The molecule has 6 N–H and O–H groups in total. The number of anilines is 3. The summed E-state index contributed by atoms with van der Waals surface area (Å²) >= 11 is 6.37. The molecule has 0 atom stereocenters. The van der Waals surface area contributed by atoms with E-state index < -0.39 is 0 Å². The molecule has 0 spiro atoms. The number of fused-ring (bicyclic) bond motifs is 3. The average molecular weight is 1210 g/mol. The quantitative estimate of drug-likeness (QED) is 0.0158. The highest BCUT2D eigenvalue weighted by Gasteiger charge is 2.43. The summed E-state index contributed by atoms with van der Waals surface area (Å²) in [5, 5.41) is 9.97. The number of allylic oxidation sites excluding steroid dienone is 6. The molecule has 0 bridgehead atoms. The normalized spacial score (nSPS) is 16.0. The summed E-state index contributed by atoms with van der Waals surface area (Å²) in [7, 11) is 2.15. The molecule has 0 saturated carbocycles. The van der Waals surface area contributed by atoms with Crippen molar-refractivity contribution in [2.24, 2.45) is 5.73 Å². The number of pyridine rings is 1. The maximum Gasteiger partial charge on any atom is 0.222 e. The van der Waals surface area contributed by atoms with E-state index in [0.29, 0.717) is 108 Å². The topological polar surface area (TPSA) is 184 Å². The van der Waals surface area contributed by atoms with E-state index in [1.165, 1.54) is 46.0 Å². The van der Waals surface area contributed by atoms with Crippen molar-refractivity contribution in [3.63, 3.8) is 0 Å². The molecule has 2 aromatic heterocycles. The zero-order valence-electron chi connectivity index (χ0n) is 51.5. The standard InChI is InChI=1S/C69H86ClFN10O6/c1-48-43-49(45-51(71)44-48)53-47-76-66(64(65(53)80-33-26-52(72)27-34-80)67-77-56-25-24-50(70)46-57(56)78-67)75-30-29-73-63(83)28-35-84-37-39-86-41-42-87-40-38-85-36-31-74-62(82)23-11-8-16-32-81-59-20-15-13-18-55(59)69(4,5)61(81)22-10-7-9-21-60-68(2,3)54-17-12-14-19-58(54)79(60)6/h7,9-10,12-15,17-22,24-25,43-47,52H,8,11,16,23,26-42,72H2,1-6H3,(H3-,73,74,75,76,77,78,82,83)/p+1. The number of nitrogens with two attached hydrogens (primary N) is 1. The number of piperidine rings is 1. The number of rotatable bonds is 31. The number of nitrogens with one attached hydrogen (secondary N) is 4. The number of hydrogen-bond acceptors (Lipinski definition) is 12. The van der Waals surface area contributed by atoms with Crippen molar-refractivity contribution in [3.05, 3.63) is 155 Å². The second-order valence-corrected chi connectivity index (χ2v) is 24.1. The van der Waals surface area contributed by atoms with Crippen molar-refractivity contribution < 1.29 is 37.5 Å². The van der Waals surface area contributed by atoms with Crippen LogP contribution in [0.4, 0.5) is 27.3 Å². The van der Waals surface area contributed by atoms with E-state index in [2.05, 4.69) is 149 Å². The fourth-order valence-electron chi connectivity index (χ4n) is 12.0. The molecule has 9 rings (SSSR count). The lowest BCUT2D eigenvalue weighted by molar-refractivity contribution is -0.401. The number of nitrogens with zero attached hydrogens (tertiary/aromatic N) is 5. The summed E-state index contributed by atoms with van der Waals surface area (Å²) in [6.45, 7) is 17.5. The van der Waals surface area contributed by atoms with Crippen molar-refractivity contribution >= 4 is 63.0 Å². The molecule has 0 radical (unpaired) electrons. The lowest BCUT2D eigenvalue weighted by Gasteiger charge is -2.35. The number of benzene rings is 4. The van der Waals surface area contributed by atoms with Crippen LogP contribution in [0.25, 0.3) is 33.5 Å². The molecule has 0 unspecified atom stereocenters. The molecule has 1 fully saturated rings. The van der Waals surface area contributed by atoms with Crippen LogP contribution >= 0.6 is 11.6 Å². The van der Waals surface area contributed by atoms with Gasteiger partial charge < -0.3 is 55.4 Å². The zero-order valence-corrected chi connectivity index (χ0v) is 52.2. The predicted molar refractivity (Wildman–Crippen MR) is 348 cm³/mol. The Bertz CT molecular complexity index is 3440. The second-order valence-electron chi connectivity index (χ2n) is 23.6. The molecule has 3 aliphatic heterocycles. The molecule has 1 saturated heterocycles. The average Bonchev–Trinajstić information content (AvgIpc) is 1.85. The molecule has 18 heteroatoms. The number of carbonyl (C=O) groups is 2. The number of H-pyrrole nitrogens is 1. The van der Waals surface area contributed by atoms with Gasteiger partial charge in [0.15, 0.2) is 5.71 Å². The number of ether oxygens (including phenoxy) is 4. The number of amides is 2. The van der Waals surface area contributed by atoms with Crippen LogP contribution in [0.2, 0.25) is 5.02 Å². The van der Waals surface area contributed by atoms with Crippen LogP contribution < -0.4 is 31.5 Å². The van der Waals surface area contributed by atoms with E-state index in [-0.39, 0.29) is 47.5 Å². The highest BCUT2D eigenvalue weighted by molar-refractivity contribution is 6.31. The molecular formula is C69H87ClFN10O6+. The van der Waals surface area contributed by atoms with Gasteiger partial charge in [-0.3, -0.25) is 9.59 Å². The first-order valence-corrected chi connectivity index (χ1v) is 31.2. The first-order chi connectivity index (χ1) is 42.1. The summed E-state index contributed by atoms with van der Waals surface area (Å²) in [6.07, 6.45) is 17.7. The summed E-state index contributed by atoms with van der Waals surface area (Å²) < 4.78 is 39.8. The van der Waals surface area contributed by atoms with Gasteiger partial charge in [0, 0.05) is 109 Å². The summed E-state index contributed by atoms with van der Waals surface area (Å²) in [6, 6.07) is 27.9.